The summed E-state index contributed by atoms with van der Waals surface area (Å²) in [7, 11) is 0. The van der Waals surface area contributed by atoms with Crippen molar-refractivity contribution in [3.05, 3.63) is 10.6 Å². The molecule has 2 atom stereocenters. The average molecular weight is 473 g/mol. The van der Waals surface area contributed by atoms with E-state index >= 15 is 0 Å². The van der Waals surface area contributed by atoms with Crippen molar-refractivity contribution in [2.45, 2.75) is 22.9 Å². The van der Waals surface area contributed by atoms with E-state index in [9.17, 15) is 0 Å². The van der Waals surface area contributed by atoms with E-state index in [1.165, 1.54) is 6.42 Å². The number of nitrogens with zero attached hydrogens (tertiary/aromatic N) is 3. The Morgan fingerprint density at radius 2 is 2.53 bits per heavy atom. The quantitative estimate of drug-likeness (QED) is 0.466. The van der Waals surface area contributed by atoms with E-state index in [0.717, 1.165) is 33.7 Å². The number of rotatable bonds is 4. The topological polar surface area (TPSA) is 39.4 Å². The Kier molecular flexibility index (Phi) is 5.42. The fourth-order valence-electron chi connectivity index (χ4n) is 1.96. The van der Waals surface area contributed by atoms with Crippen LogP contribution in [0.2, 0.25) is 0 Å². The Hall–Kier alpha value is 0.510. The summed E-state index contributed by atoms with van der Waals surface area (Å²) < 4.78 is 1.81. The molecule has 0 aromatic rings. The maximum Gasteiger partial charge on any atom is 0.121 e. The molecule has 2 heterocycles. The second-order valence-electron chi connectivity index (χ2n) is 3.99. The minimum absolute atomic E-state index is 0.293. The van der Waals surface area contributed by atoms with Gasteiger partial charge in [-0.2, -0.15) is 5.26 Å². The van der Waals surface area contributed by atoms with Crippen LogP contribution in [0, 0.1) is 11.3 Å². The first-order valence-electron chi connectivity index (χ1n) is 5.53. The molecular weight excluding hydrogens is 460 g/mol. The molecule has 2 aliphatic rings. The molecule has 0 spiro atoms. The molecule has 0 bridgehead atoms. The second kappa shape index (κ2) is 6.61. The molecule has 0 aromatic carbocycles. The molecule has 2 unspecified atom stereocenters. The van der Waals surface area contributed by atoms with Crippen molar-refractivity contribution < 1.29 is 0 Å². The van der Waals surface area contributed by atoms with Gasteiger partial charge in [0.15, 0.2) is 0 Å². The van der Waals surface area contributed by atoms with E-state index in [2.05, 4.69) is 61.1 Å². The number of aliphatic imine (C=N–C) groups is 1. The lowest BCUT2D eigenvalue weighted by Crippen LogP contribution is -2.30. The fraction of sp³-hybridized carbons (Fsp3) is 0.636. The lowest BCUT2D eigenvalue weighted by Gasteiger charge is -2.29. The van der Waals surface area contributed by atoms with Crippen molar-refractivity contribution in [1.29, 1.82) is 5.26 Å². The number of hydrogen-bond acceptors (Lipinski definition) is 4. The molecule has 17 heavy (non-hydrogen) atoms. The monoisotopic (exact) mass is 473 g/mol. The Bertz CT molecular complexity index is 389. The molecule has 1 saturated heterocycles. The molecule has 92 valence electrons. The molecule has 0 aromatic heterocycles. The smallest absolute Gasteiger partial charge is 0.121 e. The van der Waals surface area contributed by atoms with E-state index in [4.69, 9.17) is 5.26 Å². The fourth-order valence-corrected chi connectivity index (χ4v) is 4.33. The first kappa shape index (κ1) is 13.9. The Morgan fingerprint density at radius 1 is 1.71 bits per heavy atom. The number of hydrogen-bond donors (Lipinski definition) is 0. The minimum atomic E-state index is 0.293. The summed E-state index contributed by atoms with van der Waals surface area (Å²) in [5.74, 6) is 1.07. The van der Waals surface area contributed by atoms with E-state index in [1.54, 1.807) is 6.21 Å². The summed E-state index contributed by atoms with van der Waals surface area (Å²) in [4.78, 5) is 6.75. The van der Waals surface area contributed by atoms with Crippen molar-refractivity contribution in [2.24, 2.45) is 4.99 Å². The first-order chi connectivity index (χ1) is 8.26. The van der Waals surface area contributed by atoms with E-state index in [-0.39, 0.29) is 0 Å². The van der Waals surface area contributed by atoms with Gasteiger partial charge in [-0.1, -0.05) is 45.2 Å². The van der Waals surface area contributed by atoms with Gasteiger partial charge in [0.25, 0.3) is 0 Å². The molecule has 0 aliphatic carbocycles. The zero-order valence-electron chi connectivity index (χ0n) is 9.27. The summed E-state index contributed by atoms with van der Waals surface area (Å²) in [6, 6.07) is 2.27. The van der Waals surface area contributed by atoms with Crippen molar-refractivity contribution in [3.63, 3.8) is 0 Å². The molecule has 3 nitrogen and oxygen atoms in total. The van der Waals surface area contributed by atoms with Crippen molar-refractivity contribution in [3.8, 4) is 6.07 Å². The van der Waals surface area contributed by atoms with Gasteiger partial charge in [-0.3, -0.25) is 4.99 Å². The van der Waals surface area contributed by atoms with Gasteiger partial charge in [-0.25, -0.2) is 0 Å². The van der Waals surface area contributed by atoms with Crippen molar-refractivity contribution in [1.82, 2.24) is 4.90 Å². The SMILES string of the molecule is N#CC1=C(SCC(I)CI)N2CCCC2N=C1. The van der Waals surface area contributed by atoms with Crippen LogP contribution < -0.4 is 0 Å². The molecule has 2 aliphatic heterocycles. The lowest BCUT2D eigenvalue weighted by molar-refractivity contribution is 0.347. The first-order valence-corrected chi connectivity index (χ1v) is 9.29. The van der Waals surface area contributed by atoms with Crippen LogP contribution in [0.3, 0.4) is 0 Å². The van der Waals surface area contributed by atoms with Crippen LogP contribution in [0.25, 0.3) is 0 Å². The number of allylic oxidation sites excluding steroid dienone is 1. The molecule has 1 fully saturated rings. The summed E-state index contributed by atoms with van der Waals surface area (Å²) in [6.07, 6.45) is 4.37. The standard InChI is InChI=1S/C11H13I2N3S/c12-4-9(13)7-17-11-8(5-14)6-15-10-2-1-3-16(10)11/h6,9-10H,1-4,7H2. The highest BCUT2D eigenvalue weighted by molar-refractivity contribution is 14.1. The highest BCUT2D eigenvalue weighted by Crippen LogP contribution is 2.35. The highest BCUT2D eigenvalue weighted by Gasteiger charge is 2.30. The van der Waals surface area contributed by atoms with Gasteiger partial charge in [0.05, 0.1) is 10.6 Å². The number of nitriles is 1. The van der Waals surface area contributed by atoms with Crippen LogP contribution in [0.15, 0.2) is 15.6 Å². The highest BCUT2D eigenvalue weighted by atomic mass is 127. The van der Waals surface area contributed by atoms with Crippen LogP contribution in [0.5, 0.6) is 0 Å². The van der Waals surface area contributed by atoms with Crippen LogP contribution in [-0.4, -0.2) is 37.9 Å². The molecule has 0 N–H and O–H groups in total. The molecule has 2 rings (SSSR count). The zero-order valence-corrected chi connectivity index (χ0v) is 14.4. The van der Waals surface area contributed by atoms with Crippen molar-refractivity contribution >= 4 is 63.2 Å². The van der Waals surface area contributed by atoms with Crippen LogP contribution in [0.1, 0.15) is 12.8 Å². The normalized spacial score (nSPS) is 24.8. The van der Waals surface area contributed by atoms with Gasteiger partial charge in [0.1, 0.15) is 12.2 Å². The Labute approximate surface area is 133 Å². The van der Waals surface area contributed by atoms with Gasteiger partial charge in [0.2, 0.25) is 0 Å². The number of alkyl halides is 2. The minimum Gasteiger partial charge on any atom is -0.343 e. The van der Waals surface area contributed by atoms with Crippen molar-refractivity contribution in [2.75, 3.05) is 16.7 Å². The predicted molar refractivity (Wildman–Crippen MR) is 90.0 cm³/mol. The summed E-state index contributed by atoms with van der Waals surface area (Å²) >= 11 is 6.70. The van der Waals surface area contributed by atoms with Crippen LogP contribution in [-0.2, 0) is 0 Å². The summed E-state index contributed by atoms with van der Waals surface area (Å²) in [5, 5.41) is 10.3. The van der Waals surface area contributed by atoms with Gasteiger partial charge >= 0.3 is 0 Å². The molecule has 0 radical (unpaired) electrons. The maximum absolute atomic E-state index is 9.16. The lowest BCUT2D eigenvalue weighted by atomic mass is 10.3. The number of halogens is 2. The third kappa shape index (κ3) is 3.29. The molecule has 6 heteroatoms. The zero-order chi connectivity index (χ0) is 12.3. The third-order valence-electron chi connectivity index (χ3n) is 2.78. The van der Waals surface area contributed by atoms with E-state index < -0.39 is 0 Å². The number of fused-ring (bicyclic) bond motifs is 1. The van der Waals surface area contributed by atoms with Gasteiger partial charge in [0, 0.05) is 26.9 Å². The molecular formula is C11H13I2N3S. The Morgan fingerprint density at radius 3 is 3.24 bits per heavy atom. The Balaban J connectivity index is 2.11. The predicted octanol–water partition coefficient (Wildman–Crippen LogP) is 3.20. The number of thioether (sulfide) groups is 1. The second-order valence-corrected chi connectivity index (χ2v) is 7.64. The van der Waals surface area contributed by atoms with Gasteiger partial charge in [-0.05, 0) is 12.8 Å². The van der Waals surface area contributed by atoms with Gasteiger partial charge < -0.3 is 4.90 Å². The van der Waals surface area contributed by atoms with E-state index in [0.29, 0.717) is 10.1 Å². The largest absolute Gasteiger partial charge is 0.343 e. The van der Waals surface area contributed by atoms with Crippen LogP contribution in [0.4, 0.5) is 0 Å². The average Bonchev–Trinajstić information content (AvgIpc) is 2.83. The molecule has 0 saturated carbocycles. The summed E-state index contributed by atoms with van der Waals surface area (Å²) in [5.41, 5.74) is 0.741. The van der Waals surface area contributed by atoms with Crippen LogP contribution >= 0.6 is 56.9 Å². The summed E-state index contributed by atoms with van der Waals surface area (Å²) in [6.45, 7) is 1.05. The third-order valence-corrected chi connectivity index (χ3v) is 8.30. The van der Waals surface area contributed by atoms with Gasteiger partial charge in [-0.15, -0.1) is 11.8 Å². The maximum atomic E-state index is 9.16. The molecule has 0 amide bonds. The van der Waals surface area contributed by atoms with E-state index in [1.807, 2.05) is 11.8 Å².